The van der Waals surface area contributed by atoms with Crippen LogP contribution in [0, 0.1) is 0 Å². The van der Waals surface area contributed by atoms with Crippen molar-refractivity contribution in [3.05, 3.63) is 24.0 Å². The van der Waals surface area contributed by atoms with Gasteiger partial charge in [0.1, 0.15) is 0 Å². The standard InChI is InChI=1S/C17H27N3O3/c1-23-16(21)10-8-6-4-2-3-5-7-9-12-18-17(22)15-11-13-19-20-14-15/h11,13-14H,2-10,12H2,1H3,(H,18,22). The second-order valence-corrected chi connectivity index (χ2v) is 5.54. The average molecular weight is 321 g/mol. The molecular formula is C17H27N3O3. The highest BCUT2D eigenvalue weighted by molar-refractivity contribution is 5.93. The number of aromatic nitrogens is 2. The highest BCUT2D eigenvalue weighted by Gasteiger charge is 2.03. The summed E-state index contributed by atoms with van der Waals surface area (Å²) >= 11 is 0. The smallest absolute Gasteiger partial charge is 0.305 e. The van der Waals surface area contributed by atoms with Crippen molar-refractivity contribution in [1.29, 1.82) is 0 Å². The van der Waals surface area contributed by atoms with Crippen LogP contribution in [-0.4, -0.2) is 35.7 Å². The Bertz CT molecular complexity index is 452. The lowest BCUT2D eigenvalue weighted by Gasteiger charge is -2.05. The molecule has 0 aliphatic heterocycles. The van der Waals surface area contributed by atoms with Gasteiger partial charge < -0.3 is 10.1 Å². The molecular weight excluding hydrogens is 294 g/mol. The number of unbranched alkanes of at least 4 members (excludes halogenated alkanes) is 7. The molecule has 128 valence electrons. The van der Waals surface area contributed by atoms with Crippen LogP contribution in [-0.2, 0) is 9.53 Å². The monoisotopic (exact) mass is 321 g/mol. The number of carbonyl (C=O) groups excluding carboxylic acids is 2. The van der Waals surface area contributed by atoms with Crippen LogP contribution in [0.1, 0.15) is 68.1 Å². The van der Waals surface area contributed by atoms with E-state index in [-0.39, 0.29) is 11.9 Å². The number of hydrogen-bond donors (Lipinski definition) is 1. The largest absolute Gasteiger partial charge is 0.469 e. The van der Waals surface area contributed by atoms with Gasteiger partial charge in [0.05, 0.1) is 25.1 Å². The number of ether oxygens (including phenoxy) is 1. The molecule has 1 aromatic rings. The van der Waals surface area contributed by atoms with Gasteiger partial charge in [-0.15, -0.1) is 0 Å². The lowest BCUT2D eigenvalue weighted by Crippen LogP contribution is -2.24. The summed E-state index contributed by atoms with van der Waals surface area (Å²) in [5.74, 6) is -0.208. The van der Waals surface area contributed by atoms with Crippen molar-refractivity contribution in [3.63, 3.8) is 0 Å². The van der Waals surface area contributed by atoms with Crippen molar-refractivity contribution in [2.75, 3.05) is 13.7 Å². The third-order valence-electron chi connectivity index (χ3n) is 3.67. The number of carbonyl (C=O) groups is 2. The molecule has 6 heteroatoms. The zero-order valence-electron chi connectivity index (χ0n) is 13.9. The van der Waals surface area contributed by atoms with Gasteiger partial charge >= 0.3 is 5.97 Å². The van der Waals surface area contributed by atoms with Crippen LogP contribution in [0.15, 0.2) is 18.5 Å². The molecule has 0 saturated carbocycles. The van der Waals surface area contributed by atoms with Gasteiger partial charge in [-0.2, -0.15) is 10.2 Å². The predicted octanol–water partition coefficient (Wildman–Crippen LogP) is 2.89. The zero-order chi connectivity index (χ0) is 16.8. The lowest BCUT2D eigenvalue weighted by molar-refractivity contribution is -0.140. The fourth-order valence-electron chi connectivity index (χ4n) is 2.29. The molecule has 1 amide bonds. The minimum atomic E-state index is -0.116. The fraction of sp³-hybridized carbons (Fsp3) is 0.647. The minimum absolute atomic E-state index is 0.0921. The van der Waals surface area contributed by atoms with Crippen LogP contribution in [0.5, 0.6) is 0 Å². The maximum Gasteiger partial charge on any atom is 0.305 e. The Morgan fingerprint density at radius 2 is 1.65 bits per heavy atom. The van der Waals surface area contributed by atoms with E-state index in [1.807, 2.05) is 0 Å². The van der Waals surface area contributed by atoms with Crippen molar-refractivity contribution in [3.8, 4) is 0 Å². The summed E-state index contributed by atoms with van der Waals surface area (Å²) in [5.41, 5.74) is 0.548. The Morgan fingerprint density at radius 1 is 1.00 bits per heavy atom. The summed E-state index contributed by atoms with van der Waals surface area (Å²) in [4.78, 5) is 22.7. The van der Waals surface area contributed by atoms with E-state index >= 15 is 0 Å². The molecule has 1 heterocycles. The third kappa shape index (κ3) is 9.60. The van der Waals surface area contributed by atoms with Crippen molar-refractivity contribution in [2.45, 2.75) is 57.8 Å². The number of nitrogens with one attached hydrogen (secondary N) is 1. The van der Waals surface area contributed by atoms with Crippen molar-refractivity contribution in [1.82, 2.24) is 15.5 Å². The highest BCUT2D eigenvalue weighted by Crippen LogP contribution is 2.09. The molecule has 0 aliphatic rings. The quantitative estimate of drug-likeness (QED) is 0.473. The molecule has 0 radical (unpaired) electrons. The number of amides is 1. The maximum absolute atomic E-state index is 11.7. The molecule has 6 nitrogen and oxygen atoms in total. The van der Waals surface area contributed by atoms with Crippen molar-refractivity contribution >= 4 is 11.9 Å². The fourth-order valence-corrected chi connectivity index (χ4v) is 2.29. The summed E-state index contributed by atoms with van der Waals surface area (Å²) in [6.45, 7) is 0.695. The maximum atomic E-state index is 11.7. The van der Waals surface area contributed by atoms with E-state index in [9.17, 15) is 9.59 Å². The van der Waals surface area contributed by atoms with Gasteiger partial charge in [0.2, 0.25) is 0 Å². The van der Waals surface area contributed by atoms with Gasteiger partial charge in [0.25, 0.3) is 5.91 Å². The van der Waals surface area contributed by atoms with E-state index in [4.69, 9.17) is 0 Å². The summed E-state index contributed by atoms with van der Waals surface area (Å²) in [7, 11) is 1.43. The van der Waals surface area contributed by atoms with Crippen LogP contribution in [0.4, 0.5) is 0 Å². The van der Waals surface area contributed by atoms with E-state index in [0.29, 0.717) is 18.5 Å². The molecule has 0 atom stereocenters. The van der Waals surface area contributed by atoms with Crippen LogP contribution in [0.3, 0.4) is 0 Å². The van der Waals surface area contributed by atoms with E-state index in [1.54, 1.807) is 6.07 Å². The number of rotatable bonds is 12. The summed E-state index contributed by atoms with van der Waals surface area (Å²) in [5, 5.41) is 10.2. The first-order valence-electron chi connectivity index (χ1n) is 8.35. The molecule has 0 aliphatic carbocycles. The number of nitrogens with zero attached hydrogens (tertiary/aromatic N) is 2. The van der Waals surface area contributed by atoms with Crippen LogP contribution >= 0.6 is 0 Å². The Morgan fingerprint density at radius 3 is 2.26 bits per heavy atom. The first-order chi connectivity index (χ1) is 11.2. The number of esters is 1. The number of hydrogen-bond acceptors (Lipinski definition) is 5. The van der Waals surface area contributed by atoms with Gasteiger partial charge in [-0.25, -0.2) is 0 Å². The predicted molar refractivity (Wildman–Crippen MR) is 87.9 cm³/mol. The van der Waals surface area contributed by atoms with Gasteiger partial charge in [0, 0.05) is 13.0 Å². The molecule has 1 N–H and O–H groups in total. The highest BCUT2D eigenvalue weighted by atomic mass is 16.5. The van der Waals surface area contributed by atoms with E-state index in [2.05, 4.69) is 20.3 Å². The van der Waals surface area contributed by atoms with Crippen LogP contribution < -0.4 is 5.32 Å². The molecule has 23 heavy (non-hydrogen) atoms. The molecule has 0 saturated heterocycles. The molecule has 1 rings (SSSR count). The van der Waals surface area contributed by atoms with Crippen LogP contribution in [0.25, 0.3) is 0 Å². The summed E-state index contributed by atoms with van der Waals surface area (Å²) in [6, 6.07) is 1.66. The molecule has 0 unspecified atom stereocenters. The minimum Gasteiger partial charge on any atom is -0.469 e. The van der Waals surface area contributed by atoms with Gasteiger partial charge in [-0.1, -0.05) is 38.5 Å². The Labute approximate surface area is 138 Å². The molecule has 0 aromatic carbocycles. The third-order valence-corrected chi connectivity index (χ3v) is 3.67. The van der Waals surface area contributed by atoms with Gasteiger partial charge in [-0.3, -0.25) is 9.59 Å². The SMILES string of the molecule is COC(=O)CCCCCCCCCCNC(=O)c1ccnnc1. The second kappa shape index (κ2) is 12.6. The first kappa shape index (κ1) is 19.1. The molecule has 0 fully saturated rings. The summed E-state index contributed by atoms with van der Waals surface area (Å²) in [6.07, 6.45) is 12.4. The van der Waals surface area contributed by atoms with E-state index in [1.165, 1.54) is 45.2 Å². The Hall–Kier alpha value is -1.98. The summed E-state index contributed by atoms with van der Waals surface area (Å²) < 4.78 is 4.60. The first-order valence-corrected chi connectivity index (χ1v) is 8.35. The zero-order valence-corrected chi connectivity index (χ0v) is 13.9. The second-order valence-electron chi connectivity index (χ2n) is 5.54. The number of methoxy groups -OCH3 is 1. The Kier molecular flexibility index (Phi) is 10.4. The molecule has 1 aromatic heterocycles. The Balaban J connectivity index is 1.87. The molecule has 0 bridgehead atoms. The van der Waals surface area contributed by atoms with Crippen molar-refractivity contribution < 1.29 is 14.3 Å². The topological polar surface area (TPSA) is 81.2 Å². The van der Waals surface area contributed by atoms with E-state index < -0.39 is 0 Å². The lowest BCUT2D eigenvalue weighted by atomic mass is 10.1. The average Bonchev–Trinajstić information content (AvgIpc) is 2.59. The van der Waals surface area contributed by atoms with Gasteiger partial charge in [-0.05, 0) is 18.9 Å². The normalized spacial score (nSPS) is 10.3. The van der Waals surface area contributed by atoms with E-state index in [0.717, 1.165) is 25.7 Å². The van der Waals surface area contributed by atoms with Crippen molar-refractivity contribution in [2.24, 2.45) is 0 Å². The van der Waals surface area contributed by atoms with Crippen LogP contribution in [0.2, 0.25) is 0 Å². The molecule has 0 spiro atoms. The van der Waals surface area contributed by atoms with Gasteiger partial charge in [0.15, 0.2) is 0 Å².